The summed E-state index contributed by atoms with van der Waals surface area (Å²) in [6.45, 7) is 1.36. The van der Waals surface area contributed by atoms with Crippen LogP contribution in [0.15, 0.2) is 54.7 Å². The summed E-state index contributed by atoms with van der Waals surface area (Å²) in [5, 5.41) is 20.3. The van der Waals surface area contributed by atoms with Gasteiger partial charge in [0.2, 0.25) is 5.91 Å². The Morgan fingerprint density at radius 1 is 1.13 bits per heavy atom. The monoisotopic (exact) mass is 429 g/mol. The molecule has 3 rings (SSSR count). The number of carbonyl (C=O) groups excluding carboxylic acids is 2. The van der Waals surface area contributed by atoms with E-state index in [9.17, 15) is 19.7 Å². The standard InChI is InChI=1S/C19H16ClN5O5/c1-12(26)21-13-2-4-14(5-3-13)22-19(27)17-8-9-24(23-17)11-30-18-7-6-15(25(28)29)10-16(18)20/h2-10H,11H2,1H3,(H,21,26)(H,22,27). The first-order valence-electron chi connectivity index (χ1n) is 8.61. The maximum atomic E-state index is 12.3. The molecule has 1 heterocycles. The molecule has 0 aliphatic heterocycles. The van der Waals surface area contributed by atoms with Crippen LogP contribution in [-0.4, -0.2) is 26.5 Å². The Kier molecular flexibility index (Phi) is 6.28. The maximum absolute atomic E-state index is 12.3. The van der Waals surface area contributed by atoms with Crippen molar-refractivity contribution in [3.63, 3.8) is 0 Å². The summed E-state index contributed by atoms with van der Waals surface area (Å²) in [5.74, 6) is -0.355. The van der Waals surface area contributed by atoms with Crippen molar-refractivity contribution >= 4 is 40.5 Å². The highest BCUT2D eigenvalue weighted by Gasteiger charge is 2.12. The molecule has 10 nitrogen and oxygen atoms in total. The van der Waals surface area contributed by atoms with Gasteiger partial charge in [-0.25, -0.2) is 4.68 Å². The molecule has 3 aromatic rings. The third-order valence-electron chi connectivity index (χ3n) is 3.82. The maximum Gasteiger partial charge on any atom is 0.276 e. The molecule has 154 valence electrons. The van der Waals surface area contributed by atoms with Crippen molar-refractivity contribution < 1.29 is 19.2 Å². The number of benzene rings is 2. The molecule has 2 aromatic carbocycles. The highest BCUT2D eigenvalue weighted by atomic mass is 35.5. The molecular formula is C19H16ClN5O5. The van der Waals surface area contributed by atoms with E-state index in [1.54, 1.807) is 30.5 Å². The van der Waals surface area contributed by atoms with Crippen LogP contribution in [0, 0.1) is 10.1 Å². The van der Waals surface area contributed by atoms with E-state index >= 15 is 0 Å². The quantitative estimate of drug-likeness (QED) is 0.435. The summed E-state index contributed by atoms with van der Waals surface area (Å²) in [5.41, 5.74) is 1.18. The van der Waals surface area contributed by atoms with Crippen molar-refractivity contribution in [2.24, 2.45) is 0 Å². The second-order valence-electron chi connectivity index (χ2n) is 6.10. The highest BCUT2D eigenvalue weighted by molar-refractivity contribution is 6.32. The number of amides is 2. The zero-order valence-corrected chi connectivity index (χ0v) is 16.4. The molecule has 2 N–H and O–H groups in total. The number of ether oxygens (including phenoxy) is 1. The molecule has 0 atom stereocenters. The molecule has 0 aliphatic rings. The topological polar surface area (TPSA) is 128 Å². The van der Waals surface area contributed by atoms with Crippen molar-refractivity contribution in [3.8, 4) is 5.75 Å². The molecule has 0 spiro atoms. The van der Waals surface area contributed by atoms with E-state index in [1.807, 2.05) is 0 Å². The Balaban J connectivity index is 1.58. The molecule has 0 fully saturated rings. The van der Waals surface area contributed by atoms with Gasteiger partial charge in [0.15, 0.2) is 12.4 Å². The van der Waals surface area contributed by atoms with Crippen LogP contribution >= 0.6 is 11.6 Å². The minimum Gasteiger partial charge on any atom is -0.470 e. The predicted molar refractivity (Wildman–Crippen MR) is 110 cm³/mol. The number of aromatic nitrogens is 2. The zero-order chi connectivity index (χ0) is 21.7. The number of nitrogens with zero attached hydrogens (tertiary/aromatic N) is 3. The average Bonchev–Trinajstić information content (AvgIpc) is 3.17. The number of carbonyl (C=O) groups is 2. The fourth-order valence-corrected chi connectivity index (χ4v) is 2.68. The van der Waals surface area contributed by atoms with Crippen LogP contribution in [0.25, 0.3) is 0 Å². The fraction of sp³-hybridized carbons (Fsp3) is 0.105. The van der Waals surface area contributed by atoms with Crippen LogP contribution in [0.2, 0.25) is 5.02 Å². The van der Waals surface area contributed by atoms with Gasteiger partial charge in [0, 0.05) is 36.6 Å². The summed E-state index contributed by atoms with van der Waals surface area (Å²) in [7, 11) is 0. The SMILES string of the molecule is CC(=O)Nc1ccc(NC(=O)c2ccn(COc3ccc([N+](=O)[O-])cc3Cl)n2)cc1. The van der Waals surface area contributed by atoms with Gasteiger partial charge in [-0.2, -0.15) is 5.10 Å². The fourth-order valence-electron chi connectivity index (χ4n) is 2.45. The normalized spacial score (nSPS) is 10.3. The molecular weight excluding hydrogens is 414 g/mol. The van der Waals surface area contributed by atoms with Crippen molar-refractivity contribution in [3.05, 3.63) is 75.6 Å². The first-order chi connectivity index (χ1) is 14.3. The minimum absolute atomic E-state index is 0.0454. The van der Waals surface area contributed by atoms with Gasteiger partial charge in [0.1, 0.15) is 5.75 Å². The molecule has 0 saturated heterocycles. The van der Waals surface area contributed by atoms with E-state index in [-0.39, 0.29) is 34.8 Å². The van der Waals surface area contributed by atoms with Crippen LogP contribution in [-0.2, 0) is 11.5 Å². The number of hydrogen-bond donors (Lipinski definition) is 2. The van der Waals surface area contributed by atoms with E-state index in [2.05, 4.69) is 15.7 Å². The third-order valence-corrected chi connectivity index (χ3v) is 4.11. The van der Waals surface area contributed by atoms with E-state index in [0.717, 1.165) is 0 Å². The second-order valence-corrected chi connectivity index (χ2v) is 6.51. The van der Waals surface area contributed by atoms with E-state index < -0.39 is 10.8 Å². The Labute approximate surface area is 175 Å². The molecule has 2 amide bonds. The molecule has 0 radical (unpaired) electrons. The van der Waals surface area contributed by atoms with Gasteiger partial charge in [-0.3, -0.25) is 19.7 Å². The lowest BCUT2D eigenvalue weighted by Crippen LogP contribution is -2.14. The lowest BCUT2D eigenvalue weighted by molar-refractivity contribution is -0.384. The lowest BCUT2D eigenvalue weighted by Gasteiger charge is -2.08. The summed E-state index contributed by atoms with van der Waals surface area (Å²) >= 11 is 5.98. The number of nitro groups is 1. The van der Waals surface area contributed by atoms with Gasteiger partial charge in [0.05, 0.1) is 9.95 Å². The summed E-state index contributed by atoms with van der Waals surface area (Å²) < 4.78 is 6.87. The first kappa shape index (κ1) is 20.8. The number of rotatable bonds is 7. The number of anilines is 2. The number of hydrogen-bond acceptors (Lipinski definition) is 6. The molecule has 0 saturated carbocycles. The van der Waals surface area contributed by atoms with Crippen molar-refractivity contribution in [1.29, 1.82) is 0 Å². The van der Waals surface area contributed by atoms with Crippen molar-refractivity contribution in [2.45, 2.75) is 13.7 Å². The zero-order valence-electron chi connectivity index (χ0n) is 15.7. The Morgan fingerprint density at radius 2 is 1.80 bits per heavy atom. The first-order valence-corrected chi connectivity index (χ1v) is 8.99. The van der Waals surface area contributed by atoms with E-state index in [1.165, 1.54) is 35.9 Å². The number of nitro benzene ring substituents is 1. The van der Waals surface area contributed by atoms with Gasteiger partial charge in [0.25, 0.3) is 11.6 Å². The average molecular weight is 430 g/mol. The van der Waals surface area contributed by atoms with Crippen LogP contribution in [0.4, 0.5) is 17.1 Å². The molecule has 0 aliphatic carbocycles. The minimum atomic E-state index is -0.554. The summed E-state index contributed by atoms with van der Waals surface area (Å²) in [4.78, 5) is 33.6. The third kappa shape index (κ3) is 5.32. The Bertz CT molecular complexity index is 1100. The van der Waals surface area contributed by atoms with Gasteiger partial charge >= 0.3 is 0 Å². The summed E-state index contributed by atoms with van der Waals surface area (Å²) in [6.07, 6.45) is 1.55. The Hall–Kier alpha value is -3.92. The van der Waals surface area contributed by atoms with Crippen LogP contribution in [0.1, 0.15) is 17.4 Å². The van der Waals surface area contributed by atoms with Gasteiger partial charge < -0.3 is 15.4 Å². The number of nitrogens with one attached hydrogen (secondary N) is 2. The van der Waals surface area contributed by atoms with Gasteiger partial charge in [-0.1, -0.05) is 11.6 Å². The second kappa shape index (κ2) is 9.05. The number of non-ortho nitro benzene ring substituents is 1. The van der Waals surface area contributed by atoms with Crippen molar-refractivity contribution in [2.75, 3.05) is 10.6 Å². The lowest BCUT2D eigenvalue weighted by atomic mass is 10.2. The molecule has 1 aromatic heterocycles. The van der Waals surface area contributed by atoms with Crippen LogP contribution < -0.4 is 15.4 Å². The van der Waals surface area contributed by atoms with Crippen molar-refractivity contribution in [1.82, 2.24) is 9.78 Å². The molecule has 0 unspecified atom stereocenters. The highest BCUT2D eigenvalue weighted by Crippen LogP contribution is 2.28. The van der Waals surface area contributed by atoms with Gasteiger partial charge in [-0.15, -0.1) is 0 Å². The number of halogens is 1. The van der Waals surface area contributed by atoms with Gasteiger partial charge in [-0.05, 0) is 36.4 Å². The Morgan fingerprint density at radius 3 is 2.40 bits per heavy atom. The molecule has 11 heteroatoms. The molecule has 30 heavy (non-hydrogen) atoms. The smallest absolute Gasteiger partial charge is 0.276 e. The molecule has 0 bridgehead atoms. The largest absolute Gasteiger partial charge is 0.470 e. The van der Waals surface area contributed by atoms with Crippen LogP contribution in [0.3, 0.4) is 0 Å². The van der Waals surface area contributed by atoms with Crippen LogP contribution in [0.5, 0.6) is 5.75 Å². The summed E-state index contributed by atoms with van der Waals surface area (Å²) in [6, 6.07) is 12.0. The predicted octanol–water partition coefficient (Wildman–Crippen LogP) is 3.69. The van der Waals surface area contributed by atoms with E-state index in [4.69, 9.17) is 16.3 Å². The van der Waals surface area contributed by atoms with E-state index in [0.29, 0.717) is 11.4 Å².